The van der Waals surface area contributed by atoms with Crippen molar-refractivity contribution in [1.29, 1.82) is 5.41 Å². The van der Waals surface area contributed by atoms with Crippen LogP contribution in [-0.2, 0) is 0 Å². The maximum absolute atomic E-state index is 8.33. The fourth-order valence-electron chi connectivity index (χ4n) is 3.42. The topological polar surface area (TPSA) is 35.9 Å². The molecular formula is C23H48N2. The molecule has 0 bridgehead atoms. The summed E-state index contributed by atoms with van der Waals surface area (Å²) in [6, 6.07) is 0.607. The van der Waals surface area contributed by atoms with Crippen molar-refractivity contribution in [1.82, 2.24) is 5.32 Å². The van der Waals surface area contributed by atoms with Gasteiger partial charge in [-0.05, 0) is 49.5 Å². The summed E-state index contributed by atoms with van der Waals surface area (Å²) in [5, 5.41) is 11.9. The van der Waals surface area contributed by atoms with Crippen molar-refractivity contribution in [3.8, 4) is 0 Å². The molecule has 2 nitrogen and oxygen atoms in total. The van der Waals surface area contributed by atoms with E-state index in [0.29, 0.717) is 11.5 Å². The Morgan fingerprint density at radius 2 is 1.60 bits per heavy atom. The van der Waals surface area contributed by atoms with E-state index in [0.717, 1.165) is 43.4 Å². The van der Waals surface area contributed by atoms with E-state index < -0.39 is 0 Å². The van der Waals surface area contributed by atoms with Crippen molar-refractivity contribution in [2.75, 3.05) is 6.54 Å². The summed E-state index contributed by atoms with van der Waals surface area (Å²) in [6.45, 7) is 17.1. The largest absolute Gasteiger partial charge is 0.315 e. The van der Waals surface area contributed by atoms with Crippen LogP contribution in [0.4, 0.5) is 0 Å². The van der Waals surface area contributed by atoms with Gasteiger partial charge in [0.15, 0.2) is 0 Å². The van der Waals surface area contributed by atoms with Gasteiger partial charge in [-0.25, -0.2) is 0 Å². The van der Waals surface area contributed by atoms with Crippen LogP contribution in [-0.4, -0.2) is 18.3 Å². The van der Waals surface area contributed by atoms with Crippen LogP contribution in [0.2, 0.25) is 0 Å². The summed E-state index contributed by atoms with van der Waals surface area (Å²) in [5.41, 5.74) is 1.34. The minimum Gasteiger partial charge on any atom is -0.315 e. The number of hydrogen-bond acceptors (Lipinski definition) is 2. The predicted molar refractivity (Wildman–Crippen MR) is 115 cm³/mol. The number of unbranched alkanes of at least 4 members (excludes halogenated alkanes) is 1. The third-order valence-corrected chi connectivity index (χ3v) is 5.16. The molecule has 0 radical (unpaired) electrons. The molecule has 0 rings (SSSR count). The first kappa shape index (κ1) is 24.6. The zero-order chi connectivity index (χ0) is 19.3. The van der Waals surface area contributed by atoms with E-state index in [-0.39, 0.29) is 0 Å². The van der Waals surface area contributed by atoms with Crippen molar-refractivity contribution >= 4 is 5.71 Å². The number of nitrogens with one attached hydrogen (secondary N) is 2. The maximum Gasteiger partial charge on any atom is 0.00921 e. The SMILES string of the molecule is CCCC(CCCCC(C)CCNC(C)C)CC(=N)CCC(C)(C)C. The zero-order valence-corrected chi connectivity index (χ0v) is 18.5. The lowest BCUT2D eigenvalue weighted by molar-refractivity contribution is 0.378. The molecule has 0 aromatic heterocycles. The van der Waals surface area contributed by atoms with Crippen LogP contribution in [0.25, 0.3) is 0 Å². The second-order valence-corrected chi connectivity index (χ2v) is 9.81. The fraction of sp³-hybridized carbons (Fsp3) is 0.957. The Morgan fingerprint density at radius 1 is 0.960 bits per heavy atom. The van der Waals surface area contributed by atoms with Crippen LogP contribution in [0.5, 0.6) is 0 Å². The third kappa shape index (κ3) is 16.8. The Kier molecular flexibility index (Phi) is 13.6. The molecular weight excluding hydrogens is 304 g/mol. The highest BCUT2D eigenvalue weighted by molar-refractivity contribution is 5.81. The summed E-state index contributed by atoms with van der Waals surface area (Å²) < 4.78 is 0. The first-order valence-corrected chi connectivity index (χ1v) is 10.9. The van der Waals surface area contributed by atoms with Crippen LogP contribution in [0.3, 0.4) is 0 Å². The van der Waals surface area contributed by atoms with Crippen LogP contribution >= 0.6 is 0 Å². The zero-order valence-electron chi connectivity index (χ0n) is 18.5. The van der Waals surface area contributed by atoms with Gasteiger partial charge in [0.1, 0.15) is 0 Å². The highest BCUT2D eigenvalue weighted by atomic mass is 14.9. The molecule has 0 saturated heterocycles. The van der Waals surface area contributed by atoms with Gasteiger partial charge in [-0.2, -0.15) is 0 Å². The smallest absolute Gasteiger partial charge is 0.00921 e. The molecule has 0 amide bonds. The Hall–Kier alpha value is -0.370. The summed E-state index contributed by atoms with van der Waals surface area (Å²) in [4.78, 5) is 0. The normalized spacial score (nSPS) is 14.7. The second-order valence-electron chi connectivity index (χ2n) is 9.81. The molecule has 150 valence electrons. The molecule has 0 aliphatic heterocycles. The monoisotopic (exact) mass is 352 g/mol. The molecule has 2 heteroatoms. The minimum absolute atomic E-state index is 0.354. The highest BCUT2D eigenvalue weighted by Crippen LogP contribution is 2.25. The van der Waals surface area contributed by atoms with Gasteiger partial charge >= 0.3 is 0 Å². The van der Waals surface area contributed by atoms with Gasteiger partial charge in [-0.3, -0.25) is 0 Å². The van der Waals surface area contributed by atoms with E-state index in [1.807, 2.05) is 0 Å². The Balaban J connectivity index is 3.93. The molecule has 2 unspecified atom stereocenters. The van der Waals surface area contributed by atoms with E-state index in [1.165, 1.54) is 44.9 Å². The molecule has 0 aliphatic carbocycles. The van der Waals surface area contributed by atoms with Gasteiger partial charge in [0.05, 0.1) is 0 Å². The lowest BCUT2D eigenvalue weighted by Crippen LogP contribution is -2.24. The average molecular weight is 353 g/mol. The van der Waals surface area contributed by atoms with Crippen molar-refractivity contribution < 1.29 is 0 Å². The molecule has 25 heavy (non-hydrogen) atoms. The first-order chi connectivity index (χ1) is 11.6. The molecule has 0 aliphatic rings. The average Bonchev–Trinajstić information content (AvgIpc) is 2.48. The van der Waals surface area contributed by atoms with E-state index in [4.69, 9.17) is 5.41 Å². The number of rotatable bonds is 15. The van der Waals surface area contributed by atoms with Gasteiger partial charge in [0, 0.05) is 11.8 Å². The molecule has 0 heterocycles. The Morgan fingerprint density at radius 3 is 2.16 bits per heavy atom. The summed E-state index contributed by atoms with van der Waals surface area (Å²) in [6.07, 6.45) is 12.4. The number of hydrogen-bond donors (Lipinski definition) is 2. The summed E-state index contributed by atoms with van der Waals surface area (Å²) >= 11 is 0. The Bertz CT molecular complexity index is 327. The summed E-state index contributed by atoms with van der Waals surface area (Å²) in [5.74, 6) is 1.58. The first-order valence-electron chi connectivity index (χ1n) is 10.9. The summed E-state index contributed by atoms with van der Waals surface area (Å²) in [7, 11) is 0. The van der Waals surface area contributed by atoms with Crippen molar-refractivity contribution in [3.63, 3.8) is 0 Å². The Labute approximate surface area is 159 Å². The predicted octanol–water partition coefficient (Wildman–Crippen LogP) is 7.22. The van der Waals surface area contributed by atoms with Gasteiger partial charge in [0.2, 0.25) is 0 Å². The lowest BCUT2D eigenvalue weighted by atomic mass is 9.85. The van der Waals surface area contributed by atoms with Crippen LogP contribution in [0, 0.1) is 22.7 Å². The molecule has 0 aromatic rings. The third-order valence-electron chi connectivity index (χ3n) is 5.16. The van der Waals surface area contributed by atoms with E-state index in [1.54, 1.807) is 0 Å². The maximum atomic E-state index is 8.33. The van der Waals surface area contributed by atoms with E-state index in [2.05, 4.69) is 53.8 Å². The molecule has 0 saturated carbocycles. The van der Waals surface area contributed by atoms with Gasteiger partial charge in [-0.1, -0.05) is 87.0 Å². The van der Waals surface area contributed by atoms with Crippen molar-refractivity contribution in [2.45, 2.75) is 119 Å². The van der Waals surface area contributed by atoms with Crippen molar-refractivity contribution in [2.24, 2.45) is 17.3 Å². The molecule has 0 aromatic carbocycles. The quantitative estimate of drug-likeness (QED) is 0.237. The fourth-order valence-corrected chi connectivity index (χ4v) is 3.42. The molecule has 2 atom stereocenters. The van der Waals surface area contributed by atoms with Crippen LogP contribution in [0.15, 0.2) is 0 Å². The minimum atomic E-state index is 0.354. The van der Waals surface area contributed by atoms with Gasteiger partial charge in [0.25, 0.3) is 0 Å². The van der Waals surface area contributed by atoms with E-state index in [9.17, 15) is 0 Å². The van der Waals surface area contributed by atoms with Gasteiger partial charge < -0.3 is 10.7 Å². The van der Waals surface area contributed by atoms with Crippen LogP contribution < -0.4 is 5.32 Å². The second kappa shape index (κ2) is 13.8. The standard InChI is InChI=1S/C23H48N2/c1-8-11-21(18-22(24)14-16-23(5,6)7)13-10-9-12-20(4)15-17-25-19(2)3/h19-21,24-25H,8-18H2,1-7H3. The lowest BCUT2D eigenvalue weighted by Gasteiger charge is -2.21. The molecule has 2 N–H and O–H groups in total. The van der Waals surface area contributed by atoms with Crippen molar-refractivity contribution in [3.05, 3.63) is 0 Å². The van der Waals surface area contributed by atoms with E-state index >= 15 is 0 Å². The molecule has 0 spiro atoms. The molecule has 0 fully saturated rings. The highest BCUT2D eigenvalue weighted by Gasteiger charge is 2.15. The van der Waals surface area contributed by atoms with Gasteiger partial charge in [-0.15, -0.1) is 0 Å². The van der Waals surface area contributed by atoms with Crippen LogP contribution in [0.1, 0.15) is 113 Å².